The first-order valence-corrected chi connectivity index (χ1v) is 6.22. The molecule has 1 atom stereocenters. The van der Waals surface area contributed by atoms with Crippen LogP contribution in [0.4, 0.5) is 0 Å². The Labute approximate surface area is 93.2 Å². The zero-order valence-electron chi connectivity index (χ0n) is 10.1. The molecule has 1 rings (SSSR count). The number of rotatable bonds is 4. The topological polar surface area (TPSA) is 32.3 Å². The number of likely N-dealkylation sites (tertiary alicyclic amines) is 1. The van der Waals surface area contributed by atoms with E-state index in [1.807, 2.05) is 4.90 Å². The Kier molecular flexibility index (Phi) is 5.69. The number of nitrogens with one attached hydrogen (secondary N) is 1. The summed E-state index contributed by atoms with van der Waals surface area (Å²) < 4.78 is 0. The Morgan fingerprint density at radius 2 is 2.20 bits per heavy atom. The molecule has 88 valence electrons. The molecule has 0 aromatic rings. The van der Waals surface area contributed by atoms with Crippen LogP contribution in [0.15, 0.2) is 0 Å². The van der Waals surface area contributed by atoms with Gasteiger partial charge < -0.3 is 10.2 Å². The number of hydrogen-bond donors (Lipinski definition) is 1. The molecule has 3 heteroatoms. The van der Waals surface area contributed by atoms with Crippen LogP contribution >= 0.6 is 0 Å². The lowest BCUT2D eigenvalue weighted by molar-refractivity contribution is -0.130. The average Bonchev–Trinajstić information content (AvgIpc) is 2.43. The molecule has 3 nitrogen and oxygen atoms in total. The molecular weight excluding hydrogens is 188 g/mol. The van der Waals surface area contributed by atoms with Gasteiger partial charge in [-0.3, -0.25) is 4.79 Å². The van der Waals surface area contributed by atoms with E-state index in [9.17, 15) is 4.79 Å². The van der Waals surface area contributed by atoms with Gasteiger partial charge >= 0.3 is 0 Å². The molecule has 1 heterocycles. The van der Waals surface area contributed by atoms with Crippen molar-refractivity contribution in [2.75, 3.05) is 26.2 Å². The van der Waals surface area contributed by atoms with Crippen molar-refractivity contribution in [2.24, 2.45) is 5.92 Å². The molecule has 15 heavy (non-hydrogen) atoms. The van der Waals surface area contributed by atoms with Gasteiger partial charge in [-0.05, 0) is 38.1 Å². The lowest BCUT2D eigenvalue weighted by Crippen LogP contribution is -2.39. The predicted octanol–water partition coefficient (Wildman–Crippen LogP) is 1.63. The summed E-state index contributed by atoms with van der Waals surface area (Å²) in [5.41, 5.74) is 0. The summed E-state index contributed by atoms with van der Waals surface area (Å²) in [5, 5.41) is 3.17. The SMILES string of the molecule is CCCNCC(=O)N1CCCC(C)CC1. The Bertz CT molecular complexity index is 194. The first-order valence-electron chi connectivity index (χ1n) is 6.22. The van der Waals surface area contributed by atoms with Gasteiger partial charge in [0.05, 0.1) is 6.54 Å². The molecule has 0 spiro atoms. The second-order valence-corrected chi connectivity index (χ2v) is 4.59. The summed E-state index contributed by atoms with van der Waals surface area (Å²) >= 11 is 0. The number of amides is 1. The van der Waals surface area contributed by atoms with Crippen LogP contribution in [0, 0.1) is 5.92 Å². The largest absolute Gasteiger partial charge is 0.342 e. The smallest absolute Gasteiger partial charge is 0.236 e. The standard InChI is InChI=1S/C12H24N2O/c1-3-7-13-10-12(15)14-8-4-5-11(2)6-9-14/h11,13H,3-10H2,1-2H3. The van der Waals surface area contributed by atoms with Crippen molar-refractivity contribution in [3.05, 3.63) is 0 Å². The van der Waals surface area contributed by atoms with E-state index in [1.165, 1.54) is 19.3 Å². The van der Waals surface area contributed by atoms with Gasteiger partial charge in [-0.1, -0.05) is 13.8 Å². The minimum absolute atomic E-state index is 0.276. The van der Waals surface area contributed by atoms with E-state index < -0.39 is 0 Å². The highest BCUT2D eigenvalue weighted by Gasteiger charge is 2.17. The molecule has 1 N–H and O–H groups in total. The minimum Gasteiger partial charge on any atom is -0.342 e. The molecule has 1 amide bonds. The molecular formula is C12H24N2O. The van der Waals surface area contributed by atoms with Crippen LogP contribution in [0.5, 0.6) is 0 Å². The molecule has 0 aliphatic carbocycles. The number of hydrogen-bond acceptors (Lipinski definition) is 2. The molecule has 0 bridgehead atoms. The summed E-state index contributed by atoms with van der Waals surface area (Å²) in [4.78, 5) is 13.8. The van der Waals surface area contributed by atoms with Crippen molar-refractivity contribution < 1.29 is 4.79 Å². The van der Waals surface area contributed by atoms with Crippen molar-refractivity contribution in [2.45, 2.75) is 39.5 Å². The number of nitrogens with zero attached hydrogens (tertiary/aromatic N) is 1. The number of carbonyl (C=O) groups is 1. The van der Waals surface area contributed by atoms with Gasteiger partial charge in [0.25, 0.3) is 0 Å². The Morgan fingerprint density at radius 3 is 2.93 bits per heavy atom. The van der Waals surface area contributed by atoms with E-state index in [2.05, 4.69) is 19.2 Å². The van der Waals surface area contributed by atoms with Crippen molar-refractivity contribution in [1.29, 1.82) is 0 Å². The van der Waals surface area contributed by atoms with E-state index in [-0.39, 0.29) is 5.91 Å². The van der Waals surface area contributed by atoms with E-state index in [0.29, 0.717) is 6.54 Å². The third-order valence-electron chi connectivity index (χ3n) is 3.07. The highest BCUT2D eigenvalue weighted by atomic mass is 16.2. The monoisotopic (exact) mass is 212 g/mol. The van der Waals surface area contributed by atoms with Gasteiger partial charge in [0, 0.05) is 13.1 Å². The van der Waals surface area contributed by atoms with Crippen LogP contribution in [-0.2, 0) is 4.79 Å². The van der Waals surface area contributed by atoms with E-state index in [0.717, 1.165) is 32.0 Å². The zero-order chi connectivity index (χ0) is 11.1. The lowest BCUT2D eigenvalue weighted by Gasteiger charge is -2.20. The summed E-state index contributed by atoms with van der Waals surface area (Å²) in [6.07, 6.45) is 4.69. The molecule has 0 radical (unpaired) electrons. The summed E-state index contributed by atoms with van der Waals surface area (Å²) in [6.45, 7) is 7.76. The van der Waals surface area contributed by atoms with Gasteiger partial charge in [0.2, 0.25) is 5.91 Å². The van der Waals surface area contributed by atoms with Crippen LogP contribution in [-0.4, -0.2) is 37.0 Å². The second-order valence-electron chi connectivity index (χ2n) is 4.59. The van der Waals surface area contributed by atoms with E-state index in [1.54, 1.807) is 0 Å². The molecule has 0 saturated carbocycles. The first-order chi connectivity index (χ1) is 7.24. The fraction of sp³-hybridized carbons (Fsp3) is 0.917. The van der Waals surface area contributed by atoms with Gasteiger partial charge in [-0.2, -0.15) is 0 Å². The third-order valence-corrected chi connectivity index (χ3v) is 3.07. The lowest BCUT2D eigenvalue weighted by atomic mass is 10.0. The zero-order valence-corrected chi connectivity index (χ0v) is 10.1. The molecule has 1 unspecified atom stereocenters. The molecule has 1 aliphatic rings. The van der Waals surface area contributed by atoms with Crippen LogP contribution in [0.3, 0.4) is 0 Å². The van der Waals surface area contributed by atoms with E-state index >= 15 is 0 Å². The van der Waals surface area contributed by atoms with Crippen molar-refractivity contribution in [3.63, 3.8) is 0 Å². The minimum atomic E-state index is 0.276. The van der Waals surface area contributed by atoms with Crippen molar-refractivity contribution in [3.8, 4) is 0 Å². The van der Waals surface area contributed by atoms with Crippen LogP contribution in [0.25, 0.3) is 0 Å². The van der Waals surface area contributed by atoms with Gasteiger partial charge in [0.15, 0.2) is 0 Å². The van der Waals surface area contributed by atoms with Gasteiger partial charge in [-0.15, -0.1) is 0 Å². The molecule has 1 saturated heterocycles. The highest BCUT2D eigenvalue weighted by Crippen LogP contribution is 2.16. The summed E-state index contributed by atoms with van der Waals surface area (Å²) in [7, 11) is 0. The Hall–Kier alpha value is -0.570. The van der Waals surface area contributed by atoms with Crippen LogP contribution in [0.2, 0.25) is 0 Å². The highest BCUT2D eigenvalue weighted by molar-refractivity contribution is 5.78. The van der Waals surface area contributed by atoms with Crippen LogP contribution in [0.1, 0.15) is 39.5 Å². The number of carbonyl (C=O) groups excluding carboxylic acids is 1. The van der Waals surface area contributed by atoms with E-state index in [4.69, 9.17) is 0 Å². The first kappa shape index (κ1) is 12.5. The maximum atomic E-state index is 11.8. The maximum Gasteiger partial charge on any atom is 0.236 e. The fourth-order valence-corrected chi connectivity index (χ4v) is 2.00. The Balaban J connectivity index is 2.25. The van der Waals surface area contributed by atoms with Gasteiger partial charge in [-0.25, -0.2) is 0 Å². The molecule has 1 aliphatic heterocycles. The molecule has 0 aromatic heterocycles. The van der Waals surface area contributed by atoms with Crippen molar-refractivity contribution in [1.82, 2.24) is 10.2 Å². The molecule has 1 fully saturated rings. The maximum absolute atomic E-state index is 11.8. The third kappa shape index (κ3) is 4.65. The average molecular weight is 212 g/mol. The van der Waals surface area contributed by atoms with Gasteiger partial charge in [0.1, 0.15) is 0 Å². The quantitative estimate of drug-likeness (QED) is 0.718. The summed E-state index contributed by atoms with van der Waals surface area (Å²) in [5.74, 6) is 1.06. The normalized spacial score (nSPS) is 22.5. The van der Waals surface area contributed by atoms with Crippen LogP contribution < -0.4 is 5.32 Å². The van der Waals surface area contributed by atoms with Crippen molar-refractivity contribution >= 4 is 5.91 Å². The molecule has 0 aromatic carbocycles. The predicted molar refractivity (Wildman–Crippen MR) is 62.8 cm³/mol. The Morgan fingerprint density at radius 1 is 1.40 bits per heavy atom. The summed E-state index contributed by atoms with van der Waals surface area (Å²) in [6, 6.07) is 0. The second kappa shape index (κ2) is 6.83. The fourth-order valence-electron chi connectivity index (χ4n) is 2.00.